The molecule has 1 aromatic carbocycles. The van der Waals surface area contributed by atoms with Crippen LogP contribution in [-0.4, -0.2) is 16.1 Å². The molecule has 0 aliphatic carbocycles. The third-order valence-electron chi connectivity index (χ3n) is 2.68. The van der Waals surface area contributed by atoms with Crippen molar-refractivity contribution in [3.8, 4) is 0 Å². The lowest BCUT2D eigenvalue weighted by Crippen LogP contribution is -2.14. The predicted molar refractivity (Wildman–Crippen MR) is 84.1 cm³/mol. The van der Waals surface area contributed by atoms with Crippen LogP contribution < -0.4 is 11.1 Å². The fourth-order valence-corrected chi connectivity index (χ4v) is 2.30. The summed E-state index contributed by atoms with van der Waals surface area (Å²) in [5.41, 5.74) is 8.15. The first-order chi connectivity index (χ1) is 9.11. The van der Waals surface area contributed by atoms with E-state index in [2.05, 4.69) is 38.1 Å². The molecule has 4 N–H and O–H groups in total. The van der Waals surface area contributed by atoms with E-state index in [1.54, 1.807) is 0 Å². The molecule has 0 atom stereocenters. The summed E-state index contributed by atoms with van der Waals surface area (Å²) in [7, 11) is 0. The van der Waals surface area contributed by atoms with Gasteiger partial charge in [-0.25, -0.2) is 0 Å². The Morgan fingerprint density at radius 1 is 1.53 bits per heavy atom. The lowest BCUT2D eigenvalue weighted by Gasteiger charge is -2.04. The van der Waals surface area contributed by atoms with Gasteiger partial charge in [0.1, 0.15) is 0 Å². The SMILES string of the molecule is CCCc1[nH]nc(C(=O)Nc2cccc(I)c2)c1N. The minimum Gasteiger partial charge on any atom is -0.395 e. The van der Waals surface area contributed by atoms with Crippen molar-refractivity contribution in [2.45, 2.75) is 19.8 Å². The van der Waals surface area contributed by atoms with Crippen molar-refractivity contribution in [1.29, 1.82) is 0 Å². The van der Waals surface area contributed by atoms with Gasteiger partial charge in [0.25, 0.3) is 5.91 Å². The summed E-state index contributed by atoms with van der Waals surface area (Å²) in [4.78, 5) is 12.1. The first-order valence-corrected chi connectivity index (χ1v) is 7.09. The molecule has 0 aliphatic heterocycles. The number of hydrogen-bond acceptors (Lipinski definition) is 3. The number of anilines is 2. The number of halogens is 1. The molecule has 1 heterocycles. The number of aryl methyl sites for hydroxylation is 1. The normalized spacial score (nSPS) is 10.4. The van der Waals surface area contributed by atoms with Crippen LogP contribution in [0.4, 0.5) is 11.4 Å². The van der Waals surface area contributed by atoms with Crippen LogP contribution in [0.1, 0.15) is 29.5 Å². The van der Waals surface area contributed by atoms with E-state index in [1.165, 1.54) is 0 Å². The quantitative estimate of drug-likeness (QED) is 0.724. The molecule has 0 fully saturated rings. The second-order valence-corrected chi connectivity index (χ2v) is 5.42. The number of rotatable bonds is 4. The summed E-state index contributed by atoms with van der Waals surface area (Å²) < 4.78 is 1.05. The second kappa shape index (κ2) is 6.05. The third-order valence-corrected chi connectivity index (χ3v) is 3.35. The standard InChI is InChI=1S/C13H15IN4O/c1-2-4-10-11(15)12(18-17-10)13(19)16-9-6-3-5-8(14)7-9/h3,5-7H,2,4,15H2,1H3,(H,16,19)(H,17,18). The predicted octanol–water partition coefficient (Wildman–Crippen LogP) is 2.80. The summed E-state index contributed by atoms with van der Waals surface area (Å²) >= 11 is 2.19. The number of carbonyl (C=O) groups is 1. The van der Waals surface area contributed by atoms with E-state index in [-0.39, 0.29) is 11.6 Å². The Morgan fingerprint density at radius 3 is 3.00 bits per heavy atom. The van der Waals surface area contributed by atoms with Crippen LogP contribution in [0.15, 0.2) is 24.3 Å². The fraction of sp³-hybridized carbons (Fsp3) is 0.231. The number of H-pyrrole nitrogens is 1. The van der Waals surface area contributed by atoms with Crippen molar-refractivity contribution in [3.05, 3.63) is 39.2 Å². The summed E-state index contributed by atoms with van der Waals surface area (Å²) in [6, 6.07) is 7.55. The molecule has 0 aliphatic rings. The lowest BCUT2D eigenvalue weighted by atomic mass is 10.2. The van der Waals surface area contributed by atoms with E-state index in [9.17, 15) is 4.79 Å². The molecule has 2 rings (SSSR count). The summed E-state index contributed by atoms with van der Waals surface area (Å²) in [5.74, 6) is -0.293. The van der Waals surface area contributed by atoms with Gasteiger partial charge in [-0.3, -0.25) is 9.89 Å². The molecule has 0 bridgehead atoms. The van der Waals surface area contributed by atoms with Gasteiger partial charge in [0.2, 0.25) is 0 Å². The number of aromatic amines is 1. The van der Waals surface area contributed by atoms with Crippen LogP contribution in [0.5, 0.6) is 0 Å². The van der Waals surface area contributed by atoms with Crippen molar-refractivity contribution >= 4 is 39.9 Å². The third kappa shape index (κ3) is 3.25. The topological polar surface area (TPSA) is 83.8 Å². The molecule has 1 amide bonds. The maximum absolute atomic E-state index is 12.1. The van der Waals surface area contributed by atoms with E-state index in [0.29, 0.717) is 5.69 Å². The zero-order valence-electron chi connectivity index (χ0n) is 10.5. The zero-order valence-corrected chi connectivity index (χ0v) is 12.7. The Bertz CT molecular complexity index is 594. The van der Waals surface area contributed by atoms with Crippen LogP contribution in [0.25, 0.3) is 0 Å². The first-order valence-electron chi connectivity index (χ1n) is 6.01. The van der Waals surface area contributed by atoms with Gasteiger partial charge in [0.15, 0.2) is 5.69 Å². The van der Waals surface area contributed by atoms with E-state index in [4.69, 9.17) is 5.73 Å². The zero-order chi connectivity index (χ0) is 13.8. The molecule has 0 radical (unpaired) electrons. The fourth-order valence-electron chi connectivity index (χ4n) is 1.76. The first kappa shape index (κ1) is 13.9. The molecule has 19 heavy (non-hydrogen) atoms. The Labute approximate surface area is 125 Å². The highest BCUT2D eigenvalue weighted by atomic mass is 127. The van der Waals surface area contributed by atoms with Crippen LogP contribution in [0.3, 0.4) is 0 Å². The Kier molecular flexibility index (Phi) is 4.41. The number of nitrogens with zero attached hydrogens (tertiary/aromatic N) is 1. The number of amides is 1. The molecule has 0 saturated carbocycles. The summed E-state index contributed by atoms with van der Waals surface area (Å²) in [6.07, 6.45) is 1.74. The Hall–Kier alpha value is -1.57. The van der Waals surface area contributed by atoms with Crippen LogP contribution >= 0.6 is 22.6 Å². The van der Waals surface area contributed by atoms with Gasteiger partial charge >= 0.3 is 0 Å². The van der Waals surface area contributed by atoms with Gasteiger partial charge in [-0.05, 0) is 47.2 Å². The average Bonchev–Trinajstić information content (AvgIpc) is 2.72. The van der Waals surface area contributed by atoms with Gasteiger partial charge < -0.3 is 11.1 Å². The summed E-state index contributed by atoms with van der Waals surface area (Å²) in [5, 5.41) is 9.59. The van der Waals surface area contributed by atoms with E-state index in [1.807, 2.05) is 31.2 Å². The van der Waals surface area contributed by atoms with Gasteiger partial charge in [0, 0.05) is 9.26 Å². The van der Waals surface area contributed by atoms with Gasteiger partial charge in [-0.1, -0.05) is 19.4 Å². The molecule has 1 aromatic heterocycles. The highest BCUT2D eigenvalue weighted by molar-refractivity contribution is 14.1. The molecule has 0 saturated heterocycles. The average molecular weight is 370 g/mol. The summed E-state index contributed by atoms with van der Waals surface area (Å²) in [6.45, 7) is 2.05. The monoisotopic (exact) mass is 370 g/mol. The van der Waals surface area contributed by atoms with E-state index in [0.717, 1.165) is 27.8 Å². The maximum Gasteiger partial charge on any atom is 0.278 e. The van der Waals surface area contributed by atoms with Gasteiger partial charge in [0.05, 0.1) is 11.4 Å². The van der Waals surface area contributed by atoms with Crippen molar-refractivity contribution < 1.29 is 4.79 Å². The van der Waals surface area contributed by atoms with E-state index >= 15 is 0 Å². The minimum atomic E-state index is -0.293. The molecular weight excluding hydrogens is 355 g/mol. The molecular formula is C13H15IN4O. The van der Waals surface area contributed by atoms with Gasteiger partial charge in [-0.15, -0.1) is 0 Å². The minimum absolute atomic E-state index is 0.252. The molecule has 100 valence electrons. The number of carbonyl (C=O) groups excluding carboxylic acids is 1. The highest BCUT2D eigenvalue weighted by Gasteiger charge is 2.16. The van der Waals surface area contributed by atoms with Crippen molar-refractivity contribution in [2.75, 3.05) is 11.1 Å². The van der Waals surface area contributed by atoms with Crippen LogP contribution in [0.2, 0.25) is 0 Å². The number of hydrogen-bond donors (Lipinski definition) is 3. The molecule has 0 spiro atoms. The highest BCUT2D eigenvalue weighted by Crippen LogP contribution is 2.18. The van der Waals surface area contributed by atoms with Crippen LogP contribution in [0, 0.1) is 3.57 Å². The second-order valence-electron chi connectivity index (χ2n) is 4.18. The molecule has 0 unspecified atom stereocenters. The Balaban J connectivity index is 2.16. The lowest BCUT2D eigenvalue weighted by molar-refractivity contribution is 0.102. The number of benzene rings is 1. The Morgan fingerprint density at radius 2 is 2.32 bits per heavy atom. The van der Waals surface area contributed by atoms with Gasteiger partial charge in [-0.2, -0.15) is 5.10 Å². The molecule has 2 aromatic rings. The number of nitrogen functional groups attached to an aromatic ring is 1. The number of aromatic nitrogens is 2. The van der Waals surface area contributed by atoms with Crippen molar-refractivity contribution in [3.63, 3.8) is 0 Å². The molecule has 6 heteroatoms. The van der Waals surface area contributed by atoms with Crippen molar-refractivity contribution in [1.82, 2.24) is 10.2 Å². The number of nitrogens with two attached hydrogens (primary N) is 1. The smallest absolute Gasteiger partial charge is 0.278 e. The number of nitrogens with one attached hydrogen (secondary N) is 2. The van der Waals surface area contributed by atoms with Crippen LogP contribution in [-0.2, 0) is 6.42 Å². The van der Waals surface area contributed by atoms with E-state index < -0.39 is 0 Å². The largest absolute Gasteiger partial charge is 0.395 e. The maximum atomic E-state index is 12.1. The van der Waals surface area contributed by atoms with Crippen molar-refractivity contribution in [2.24, 2.45) is 0 Å². The molecule has 5 nitrogen and oxygen atoms in total.